The predicted molar refractivity (Wildman–Crippen MR) is 50.8 cm³/mol. The van der Waals surface area contributed by atoms with Crippen LogP contribution in [0.4, 0.5) is 0 Å². The summed E-state index contributed by atoms with van der Waals surface area (Å²) in [6.07, 6.45) is 5.56. The Bertz CT molecular complexity index is 223. The Labute approximate surface area is 75.1 Å². The molecule has 0 aliphatic carbocycles. The Kier molecular flexibility index (Phi) is 3.27. The number of nitrogens with zero attached hydrogens (tertiary/aromatic N) is 1. The molecule has 0 atom stereocenters. The van der Waals surface area contributed by atoms with Crippen LogP contribution in [-0.4, -0.2) is 0 Å². The summed E-state index contributed by atoms with van der Waals surface area (Å²) in [6, 6.07) is 4.31. The fraction of sp³-hybridized carbons (Fsp3) is 0.545. The molecule has 12 heavy (non-hydrogen) atoms. The second-order valence-electron chi connectivity index (χ2n) is 3.80. The van der Waals surface area contributed by atoms with Gasteiger partial charge in [0.1, 0.15) is 6.54 Å². The van der Waals surface area contributed by atoms with Gasteiger partial charge >= 0.3 is 0 Å². The molecule has 1 rings (SSSR count). The number of aryl methyl sites for hydroxylation is 2. The number of hydrogen-bond donors (Lipinski definition) is 0. The van der Waals surface area contributed by atoms with Crippen molar-refractivity contribution < 1.29 is 4.57 Å². The van der Waals surface area contributed by atoms with Crippen molar-refractivity contribution >= 4 is 0 Å². The van der Waals surface area contributed by atoms with E-state index in [4.69, 9.17) is 0 Å². The van der Waals surface area contributed by atoms with E-state index in [1.807, 2.05) is 0 Å². The van der Waals surface area contributed by atoms with E-state index in [9.17, 15) is 0 Å². The number of rotatable bonds is 3. The van der Waals surface area contributed by atoms with Crippen molar-refractivity contribution in [3.8, 4) is 0 Å². The third-order valence-corrected chi connectivity index (χ3v) is 2.02. The van der Waals surface area contributed by atoms with Gasteiger partial charge in [-0.1, -0.05) is 13.8 Å². The second kappa shape index (κ2) is 4.24. The van der Waals surface area contributed by atoms with E-state index >= 15 is 0 Å². The van der Waals surface area contributed by atoms with Crippen LogP contribution in [0.3, 0.4) is 0 Å². The molecule has 1 heterocycles. The monoisotopic (exact) mass is 164 g/mol. The lowest BCUT2D eigenvalue weighted by Gasteiger charge is -2.00. The Morgan fingerprint density at radius 2 is 1.83 bits per heavy atom. The highest BCUT2D eigenvalue weighted by atomic mass is 14.9. The first-order chi connectivity index (χ1) is 5.68. The highest BCUT2D eigenvalue weighted by Gasteiger charge is 2.00. The molecule has 0 aliphatic heterocycles. The topological polar surface area (TPSA) is 3.88 Å². The van der Waals surface area contributed by atoms with E-state index in [-0.39, 0.29) is 0 Å². The zero-order valence-electron chi connectivity index (χ0n) is 8.25. The van der Waals surface area contributed by atoms with Gasteiger partial charge in [0, 0.05) is 18.6 Å². The molecule has 66 valence electrons. The van der Waals surface area contributed by atoms with Gasteiger partial charge in [-0.15, -0.1) is 0 Å². The van der Waals surface area contributed by atoms with Gasteiger partial charge in [0.25, 0.3) is 0 Å². The van der Waals surface area contributed by atoms with Gasteiger partial charge in [-0.05, 0) is 18.4 Å². The number of aromatic nitrogens is 1. The van der Waals surface area contributed by atoms with Crippen molar-refractivity contribution in [2.75, 3.05) is 0 Å². The predicted octanol–water partition coefficient (Wildman–Crippen LogP) is 2.33. The molecule has 0 aliphatic rings. The molecule has 0 unspecified atom stereocenters. The molecule has 0 aromatic carbocycles. The molecule has 0 radical (unpaired) electrons. The normalized spacial score (nSPS) is 10.7. The van der Waals surface area contributed by atoms with Crippen LogP contribution in [0, 0.1) is 12.8 Å². The molecule has 1 nitrogen and oxygen atoms in total. The first kappa shape index (κ1) is 9.24. The minimum absolute atomic E-state index is 0.791. The number of pyridine rings is 1. The lowest BCUT2D eigenvalue weighted by Crippen LogP contribution is -2.33. The van der Waals surface area contributed by atoms with Crippen LogP contribution in [0.5, 0.6) is 0 Å². The van der Waals surface area contributed by atoms with Crippen LogP contribution in [0.2, 0.25) is 0 Å². The summed E-state index contributed by atoms with van der Waals surface area (Å²) in [5, 5.41) is 0. The van der Waals surface area contributed by atoms with Crippen LogP contribution < -0.4 is 4.57 Å². The molecule has 1 aromatic heterocycles. The van der Waals surface area contributed by atoms with Crippen molar-refractivity contribution in [2.45, 2.75) is 33.7 Å². The van der Waals surface area contributed by atoms with Crippen molar-refractivity contribution in [2.24, 2.45) is 5.92 Å². The van der Waals surface area contributed by atoms with Crippen molar-refractivity contribution in [3.63, 3.8) is 0 Å². The maximum Gasteiger partial charge on any atom is 0.169 e. The molecule has 0 saturated carbocycles. The third kappa shape index (κ3) is 3.04. The standard InChI is InChI=1S/C11H18N/c1-10(2)4-7-12-8-5-11(3)6-9-12/h5-6,8-10H,4,7H2,1-3H3/q+1. The summed E-state index contributed by atoms with van der Waals surface area (Å²) >= 11 is 0. The van der Waals surface area contributed by atoms with Crippen molar-refractivity contribution in [1.29, 1.82) is 0 Å². The SMILES string of the molecule is Cc1cc[n+](CCC(C)C)cc1. The lowest BCUT2D eigenvalue weighted by molar-refractivity contribution is -0.698. The molecule has 0 saturated heterocycles. The zero-order valence-corrected chi connectivity index (χ0v) is 8.25. The van der Waals surface area contributed by atoms with E-state index in [1.165, 1.54) is 12.0 Å². The molecule has 0 amide bonds. The summed E-state index contributed by atoms with van der Waals surface area (Å²) in [4.78, 5) is 0. The summed E-state index contributed by atoms with van der Waals surface area (Å²) in [6.45, 7) is 7.77. The van der Waals surface area contributed by atoms with Crippen LogP contribution in [0.1, 0.15) is 25.8 Å². The van der Waals surface area contributed by atoms with Crippen molar-refractivity contribution in [1.82, 2.24) is 0 Å². The van der Waals surface area contributed by atoms with Crippen LogP contribution >= 0.6 is 0 Å². The molecule has 0 fully saturated rings. The molecule has 0 N–H and O–H groups in total. The van der Waals surface area contributed by atoms with Gasteiger partial charge in [0.05, 0.1) is 0 Å². The second-order valence-corrected chi connectivity index (χ2v) is 3.80. The molecule has 0 spiro atoms. The number of hydrogen-bond acceptors (Lipinski definition) is 0. The van der Waals surface area contributed by atoms with Gasteiger partial charge < -0.3 is 0 Å². The fourth-order valence-electron chi connectivity index (χ4n) is 1.09. The summed E-state index contributed by atoms with van der Waals surface area (Å²) in [7, 11) is 0. The maximum atomic E-state index is 2.26. The minimum Gasteiger partial charge on any atom is -0.205 e. The minimum atomic E-state index is 0.791. The highest BCUT2D eigenvalue weighted by Crippen LogP contribution is 1.98. The Balaban J connectivity index is 2.48. The van der Waals surface area contributed by atoms with Crippen LogP contribution in [-0.2, 0) is 6.54 Å². The fourth-order valence-corrected chi connectivity index (χ4v) is 1.09. The Hall–Kier alpha value is -0.850. The summed E-state index contributed by atoms with van der Waals surface area (Å²) < 4.78 is 2.24. The van der Waals surface area contributed by atoms with Crippen LogP contribution in [0.25, 0.3) is 0 Å². The van der Waals surface area contributed by atoms with Gasteiger partial charge in [0.15, 0.2) is 12.4 Å². The lowest BCUT2D eigenvalue weighted by atomic mass is 10.1. The largest absolute Gasteiger partial charge is 0.205 e. The van der Waals surface area contributed by atoms with Gasteiger partial charge in [-0.3, -0.25) is 0 Å². The molecule has 0 bridgehead atoms. The Morgan fingerprint density at radius 1 is 1.25 bits per heavy atom. The van der Waals surface area contributed by atoms with E-state index < -0.39 is 0 Å². The maximum absolute atomic E-state index is 2.26. The molecular weight excluding hydrogens is 146 g/mol. The average molecular weight is 164 g/mol. The van der Waals surface area contributed by atoms with Crippen LogP contribution in [0.15, 0.2) is 24.5 Å². The van der Waals surface area contributed by atoms with E-state index in [2.05, 4.69) is 49.9 Å². The van der Waals surface area contributed by atoms with Crippen molar-refractivity contribution in [3.05, 3.63) is 30.1 Å². The third-order valence-electron chi connectivity index (χ3n) is 2.02. The zero-order chi connectivity index (χ0) is 8.97. The smallest absolute Gasteiger partial charge is 0.169 e. The first-order valence-corrected chi connectivity index (χ1v) is 4.64. The van der Waals surface area contributed by atoms with Gasteiger partial charge in [0.2, 0.25) is 0 Å². The van der Waals surface area contributed by atoms with E-state index in [0.29, 0.717) is 0 Å². The highest BCUT2D eigenvalue weighted by molar-refractivity contribution is 5.03. The molecular formula is C11H18N+. The molecule has 1 heteroatoms. The van der Waals surface area contributed by atoms with Gasteiger partial charge in [-0.25, -0.2) is 4.57 Å². The summed E-state index contributed by atoms with van der Waals surface area (Å²) in [5.74, 6) is 0.791. The summed E-state index contributed by atoms with van der Waals surface area (Å²) in [5.41, 5.74) is 1.33. The average Bonchev–Trinajstić information content (AvgIpc) is 2.03. The van der Waals surface area contributed by atoms with E-state index in [1.54, 1.807) is 0 Å². The van der Waals surface area contributed by atoms with Gasteiger partial charge in [-0.2, -0.15) is 0 Å². The Morgan fingerprint density at radius 3 is 2.33 bits per heavy atom. The molecule has 1 aromatic rings. The quantitative estimate of drug-likeness (QED) is 0.604. The van der Waals surface area contributed by atoms with E-state index in [0.717, 1.165) is 12.5 Å². The first-order valence-electron chi connectivity index (χ1n) is 4.64.